The Labute approximate surface area is 171 Å². The first-order chi connectivity index (χ1) is 14.6. The number of aromatic nitrogens is 1. The summed E-state index contributed by atoms with van der Waals surface area (Å²) in [4.78, 5) is 34.0. The molecule has 1 fully saturated rings. The Bertz CT molecular complexity index is 1160. The van der Waals surface area contributed by atoms with E-state index < -0.39 is 17.3 Å². The van der Waals surface area contributed by atoms with Crippen LogP contribution in [-0.4, -0.2) is 55.2 Å². The van der Waals surface area contributed by atoms with Gasteiger partial charge in [-0.3, -0.25) is 14.6 Å². The first kappa shape index (κ1) is 18.9. The molecular formula is C22H21FN3O4+. The molecule has 0 radical (unpaired) electrons. The average molecular weight is 410 g/mol. The third-order valence-electron chi connectivity index (χ3n) is 5.80. The molecule has 154 valence electrons. The highest BCUT2D eigenvalue weighted by Gasteiger charge is 2.43. The van der Waals surface area contributed by atoms with Gasteiger partial charge in [0.2, 0.25) is 5.76 Å². The zero-order valence-electron chi connectivity index (χ0n) is 16.3. The molecule has 1 atom stereocenters. The molecular weight excluding hydrogens is 389 g/mol. The van der Waals surface area contributed by atoms with E-state index in [1.54, 1.807) is 23.2 Å². The number of quaternary nitrogens is 1. The third kappa shape index (κ3) is 3.18. The maximum atomic E-state index is 13.8. The molecule has 30 heavy (non-hydrogen) atoms. The number of ether oxygens (including phenoxy) is 1. The molecule has 3 aromatic rings. The van der Waals surface area contributed by atoms with Gasteiger partial charge in [0.15, 0.2) is 5.43 Å². The lowest BCUT2D eigenvalue weighted by molar-refractivity contribution is -0.907. The molecule has 0 bridgehead atoms. The fourth-order valence-electron chi connectivity index (χ4n) is 4.26. The zero-order valence-corrected chi connectivity index (χ0v) is 16.3. The normalized spacial score (nSPS) is 19.4. The first-order valence-corrected chi connectivity index (χ1v) is 10.0. The highest BCUT2D eigenvalue weighted by atomic mass is 19.1. The second kappa shape index (κ2) is 7.62. The number of amides is 1. The quantitative estimate of drug-likeness (QED) is 0.688. The SMILES string of the molecule is O=C1c2oc3ccc(F)cc3c(=O)c2[C@H](c2ccccn2)N1CC[NH+]1CCOCC1. The Morgan fingerprint density at radius 2 is 2.00 bits per heavy atom. The summed E-state index contributed by atoms with van der Waals surface area (Å²) in [5.74, 6) is -0.843. The van der Waals surface area contributed by atoms with Crippen LogP contribution in [0.2, 0.25) is 0 Å². The van der Waals surface area contributed by atoms with Gasteiger partial charge in [-0.2, -0.15) is 0 Å². The molecule has 0 spiro atoms. The molecule has 1 saturated heterocycles. The Morgan fingerprint density at radius 1 is 1.17 bits per heavy atom. The van der Waals surface area contributed by atoms with Gasteiger partial charge in [-0.1, -0.05) is 6.07 Å². The fourth-order valence-corrected chi connectivity index (χ4v) is 4.26. The lowest BCUT2D eigenvalue weighted by atomic mass is 10.0. The smallest absolute Gasteiger partial charge is 0.291 e. The molecule has 7 nitrogen and oxygen atoms in total. The lowest BCUT2D eigenvalue weighted by Gasteiger charge is -2.28. The van der Waals surface area contributed by atoms with Crippen LogP contribution in [0.15, 0.2) is 51.8 Å². The van der Waals surface area contributed by atoms with Gasteiger partial charge in [0, 0.05) is 6.20 Å². The number of carbonyl (C=O) groups excluding carboxylic acids is 1. The van der Waals surface area contributed by atoms with Crippen molar-refractivity contribution < 1.29 is 23.2 Å². The van der Waals surface area contributed by atoms with Crippen molar-refractivity contribution in [3.8, 4) is 0 Å². The number of nitrogens with one attached hydrogen (secondary N) is 1. The molecule has 1 amide bonds. The third-order valence-corrected chi connectivity index (χ3v) is 5.80. The van der Waals surface area contributed by atoms with Crippen molar-refractivity contribution in [2.75, 3.05) is 39.4 Å². The Balaban J connectivity index is 1.60. The second-order valence-corrected chi connectivity index (χ2v) is 7.58. The van der Waals surface area contributed by atoms with Gasteiger partial charge in [-0.15, -0.1) is 0 Å². The Hall–Kier alpha value is -3.10. The standard InChI is InChI=1S/C22H20FN3O4/c23-14-4-5-17-15(13-14)20(27)18-19(16-3-1-2-6-24-16)26(22(28)21(18)30-17)8-7-25-9-11-29-12-10-25/h1-6,13,19H,7-12H2/p+1/t19-/m0/s1. The highest BCUT2D eigenvalue weighted by Crippen LogP contribution is 2.36. The van der Waals surface area contributed by atoms with E-state index >= 15 is 0 Å². The molecule has 0 aliphatic carbocycles. The molecule has 0 unspecified atom stereocenters. The molecule has 1 N–H and O–H groups in total. The number of pyridine rings is 1. The molecule has 0 saturated carbocycles. The summed E-state index contributed by atoms with van der Waals surface area (Å²) >= 11 is 0. The largest absolute Gasteiger partial charge is 0.450 e. The summed E-state index contributed by atoms with van der Waals surface area (Å²) in [6.07, 6.45) is 1.63. The summed E-state index contributed by atoms with van der Waals surface area (Å²) in [5, 5.41) is 0.128. The van der Waals surface area contributed by atoms with Gasteiger partial charge < -0.3 is 19.0 Å². The molecule has 8 heteroatoms. The minimum Gasteiger partial charge on any atom is -0.450 e. The van der Waals surface area contributed by atoms with Crippen LogP contribution < -0.4 is 10.3 Å². The van der Waals surface area contributed by atoms with Crippen molar-refractivity contribution in [1.29, 1.82) is 0 Å². The molecule has 2 aliphatic rings. The zero-order chi connectivity index (χ0) is 20.7. The molecule has 1 aromatic carbocycles. The van der Waals surface area contributed by atoms with Gasteiger partial charge in [0.1, 0.15) is 30.5 Å². The van der Waals surface area contributed by atoms with Crippen LogP contribution in [0.1, 0.15) is 27.9 Å². The van der Waals surface area contributed by atoms with Crippen LogP contribution in [0.25, 0.3) is 11.0 Å². The van der Waals surface area contributed by atoms with E-state index in [0.717, 1.165) is 25.7 Å². The number of nitrogens with zero attached hydrogens (tertiary/aromatic N) is 2. The summed E-state index contributed by atoms with van der Waals surface area (Å²) in [5.41, 5.74) is 0.628. The van der Waals surface area contributed by atoms with Crippen molar-refractivity contribution in [3.05, 3.63) is 75.7 Å². The van der Waals surface area contributed by atoms with E-state index in [4.69, 9.17) is 9.15 Å². The number of hydrogen-bond donors (Lipinski definition) is 1. The van der Waals surface area contributed by atoms with Crippen LogP contribution in [0.3, 0.4) is 0 Å². The van der Waals surface area contributed by atoms with E-state index in [9.17, 15) is 14.0 Å². The second-order valence-electron chi connectivity index (χ2n) is 7.58. The Kier molecular flexibility index (Phi) is 4.80. The number of morpholine rings is 1. The topological polar surface area (TPSA) is 77.1 Å². The maximum Gasteiger partial charge on any atom is 0.291 e. The maximum absolute atomic E-state index is 13.8. The van der Waals surface area contributed by atoms with Gasteiger partial charge in [0.25, 0.3) is 5.91 Å². The first-order valence-electron chi connectivity index (χ1n) is 10.0. The number of carbonyl (C=O) groups is 1. The lowest BCUT2D eigenvalue weighted by Crippen LogP contribution is -3.14. The number of benzene rings is 1. The molecule has 2 aliphatic heterocycles. The summed E-state index contributed by atoms with van der Waals surface area (Å²) in [6.45, 7) is 4.33. The van der Waals surface area contributed by atoms with Crippen LogP contribution in [0.5, 0.6) is 0 Å². The van der Waals surface area contributed by atoms with E-state index in [2.05, 4.69) is 4.98 Å². The van der Waals surface area contributed by atoms with E-state index in [1.807, 2.05) is 6.07 Å². The van der Waals surface area contributed by atoms with Gasteiger partial charge in [-0.25, -0.2) is 4.39 Å². The van der Waals surface area contributed by atoms with Crippen LogP contribution in [0, 0.1) is 5.82 Å². The van der Waals surface area contributed by atoms with Gasteiger partial charge in [0.05, 0.1) is 42.9 Å². The van der Waals surface area contributed by atoms with Gasteiger partial charge in [-0.05, 0) is 30.3 Å². The summed E-state index contributed by atoms with van der Waals surface area (Å²) in [7, 11) is 0. The molecule has 4 heterocycles. The van der Waals surface area contributed by atoms with Crippen molar-refractivity contribution in [3.63, 3.8) is 0 Å². The molecule has 2 aromatic heterocycles. The Morgan fingerprint density at radius 3 is 2.77 bits per heavy atom. The predicted octanol–water partition coefficient (Wildman–Crippen LogP) is 0.787. The summed E-state index contributed by atoms with van der Waals surface area (Å²) < 4.78 is 25.0. The minimum absolute atomic E-state index is 0.0201. The number of halogens is 1. The average Bonchev–Trinajstić information content (AvgIpc) is 3.06. The van der Waals surface area contributed by atoms with E-state index in [1.165, 1.54) is 17.0 Å². The van der Waals surface area contributed by atoms with E-state index in [-0.39, 0.29) is 28.2 Å². The van der Waals surface area contributed by atoms with Crippen LogP contribution in [-0.2, 0) is 4.74 Å². The highest BCUT2D eigenvalue weighted by molar-refractivity contribution is 5.98. The monoisotopic (exact) mass is 410 g/mol. The van der Waals surface area contributed by atoms with Gasteiger partial charge >= 0.3 is 0 Å². The number of rotatable bonds is 4. The molecule has 5 rings (SSSR count). The van der Waals surface area contributed by atoms with Crippen molar-refractivity contribution >= 4 is 16.9 Å². The predicted molar refractivity (Wildman–Crippen MR) is 106 cm³/mol. The summed E-state index contributed by atoms with van der Waals surface area (Å²) in [6, 6.07) is 8.49. The van der Waals surface area contributed by atoms with Crippen molar-refractivity contribution in [2.45, 2.75) is 6.04 Å². The van der Waals surface area contributed by atoms with Crippen LogP contribution in [0.4, 0.5) is 4.39 Å². The van der Waals surface area contributed by atoms with Crippen molar-refractivity contribution in [1.82, 2.24) is 9.88 Å². The fraction of sp³-hybridized carbons (Fsp3) is 0.318. The number of hydrogen-bond acceptors (Lipinski definition) is 5. The van der Waals surface area contributed by atoms with Crippen molar-refractivity contribution in [2.24, 2.45) is 0 Å². The minimum atomic E-state index is -0.655. The van der Waals surface area contributed by atoms with Crippen LogP contribution >= 0.6 is 0 Å². The van der Waals surface area contributed by atoms with E-state index in [0.29, 0.717) is 25.5 Å². The number of fused-ring (bicyclic) bond motifs is 2.